The molecule has 0 spiro atoms. The molecule has 0 radical (unpaired) electrons. The molecule has 1 heterocycles. The number of aliphatic imine (C=N–C) groups is 1. The van der Waals surface area contributed by atoms with Gasteiger partial charge in [0, 0.05) is 17.9 Å². The summed E-state index contributed by atoms with van der Waals surface area (Å²) in [7, 11) is 0. The maximum absolute atomic E-state index is 13.4. The molecular formula is C12H13F3N2S. The molecule has 1 unspecified atom stereocenters. The summed E-state index contributed by atoms with van der Waals surface area (Å²) in [6.07, 6.45) is 0. The van der Waals surface area contributed by atoms with E-state index in [2.05, 4.69) is 10.3 Å². The molecule has 1 atom stereocenters. The Hall–Kier alpha value is -1.17. The first-order chi connectivity index (χ1) is 8.47. The Morgan fingerprint density at radius 3 is 2.39 bits per heavy atom. The Labute approximate surface area is 108 Å². The van der Waals surface area contributed by atoms with Gasteiger partial charge in [0.2, 0.25) is 0 Å². The molecule has 1 aliphatic heterocycles. The lowest BCUT2D eigenvalue weighted by molar-refractivity contribution is 0.542. The van der Waals surface area contributed by atoms with Crippen LogP contribution >= 0.6 is 11.8 Å². The third-order valence-electron chi connectivity index (χ3n) is 2.68. The SMILES string of the molecule is CC(C)C1CSC(Nc2c(F)cc(F)cc2F)=N1. The van der Waals surface area contributed by atoms with E-state index in [1.807, 2.05) is 13.8 Å². The lowest BCUT2D eigenvalue weighted by Gasteiger charge is -2.08. The zero-order valence-electron chi connectivity index (χ0n) is 10.0. The van der Waals surface area contributed by atoms with Gasteiger partial charge in [0.15, 0.2) is 16.8 Å². The minimum absolute atomic E-state index is 0.143. The first-order valence-corrected chi connectivity index (χ1v) is 6.58. The molecule has 1 N–H and O–H groups in total. The number of benzene rings is 1. The third-order valence-corrected chi connectivity index (χ3v) is 3.67. The predicted molar refractivity (Wildman–Crippen MR) is 68.5 cm³/mol. The van der Waals surface area contributed by atoms with Crippen molar-refractivity contribution in [1.29, 1.82) is 0 Å². The van der Waals surface area contributed by atoms with Crippen molar-refractivity contribution in [3.63, 3.8) is 0 Å². The largest absolute Gasteiger partial charge is 0.330 e. The van der Waals surface area contributed by atoms with E-state index in [1.165, 1.54) is 11.8 Å². The molecule has 0 bridgehead atoms. The fraction of sp³-hybridized carbons (Fsp3) is 0.417. The van der Waals surface area contributed by atoms with Crippen LogP contribution in [0.2, 0.25) is 0 Å². The van der Waals surface area contributed by atoms with E-state index in [4.69, 9.17) is 0 Å². The zero-order chi connectivity index (χ0) is 13.3. The lowest BCUT2D eigenvalue weighted by atomic mass is 10.1. The Bertz CT molecular complexity index is 465. The smallest absolute Gasteiger partial charge is 0.161 e. The van der Waals surface area contributed by atoms with Gasteiger partial charge in [-0.25, -0.2) is 13.2 Å². The molecule has 0 saturated heterocycles. The summed E-state index contributed by atoms with van der Waals surface area (Å²) in [5, 5.41) is 3.06. The number of nitrogens with zero attached hydrogens (tertiary/aromatic N) is 1. The molecule has 0 fully saturated rings. The molecular weight excluding hydrogens is 261 g/mol. The van der Waals surface area contributed by atoms with Gasteiger partial charge in [-0.1, -0.05) is 25.6 Å². The van der Waals surface area contributed by atoms with Gasteiger partial charge in [0.25, 0.3) is 0 Å². The van der Waals surface area contributed by atoms with Crippen LogP contribution < -0.4 is 5.32 Å². The standard InChI is InChI=1S/C12H13F3N2S/c1-6(2)10-5-18-12(16-10)17-11-8(14)3-7(13)4-9(11)15/h3-4,6,10H,5H2,1-2H3,(H,16,17). The third kappa shape index (κ3) is 2.80. The van der Waals surface area contributed by atoms with E-state index in [9.17, 15) is 13.2 Å². The van der Waals surface area contributed by atoms with Crippen LogP contribution in [0.3, 0.4) is 0 Å². The maximum atomic E-state index is 13.4. The second-order valence-electron chi connectivity index (χ2n) is 4.43. The molecule has 2 nitrogen and oxygen atoms in total. The minimum Gasteiger partial charge on any atom is -0.330 e. The number of hydrogen-bond acceptors (Lipinski definition) is 3. The van der Waals surface area contributed by atoms with Crippen molar-refractivity contribution in [1.82, 2.24) is 0 Å². The number of nitrogens with one attached hydrogen (secondary N) is 1. The average Bonchev–Trinajstić information content (AvgIpc) is 2.71. The van der Waals surface area contributed by atoms with Crippen LogP contribution in [0.1, 0.15) is 13.8 Å². The number of rotatable bonds is 2. The van der Waals surface area contributed by atoms with Crippen molar-refractivity contribution in [2.75, 3.05) is 11.1 Å². The van der Waals surface area contributed by atoms with Crippen LogP contribution in [-0.2, 0) is 0 Å². The Morgan fingerprint density at radius 1 is 1.28 bits per heavy atom. The fourth-order valence-corrected chi connectivity index (χ4v) is 2.74. The Morgan fingerprint density at radius 2 is 1.89 bits per heavy atom. The number of amidine groups is 1. The highest BCUT2D eigenvalue weighted by atomic mass is 32.2. The molecule has 0 aliphatic carbocycles. The monoisotopic (exact) mass is 274 g/mol. The van der Waals surface area contributed by atoms with E-state index < -0.39 is 17.5 Å². The van der Waals surface area contributed by atoms with E-state index >= 15 is 0 Å². The van der Waals surface area contributed by atoms with Gasteiger partial charge >= 0.3 is 0 Å². The highest BCUT2D eigenvalue weighted by Crippen LogP contribution is 2.27. The molecule has 2 rings (SSSR count). The van der Waals surface area contributed by atoms with Crippen molar-refractivity contribution < 1.29 is 13.2 Å². The van der Waals surface area contributed by atoms with Gasteiger partial charge in [0.05, 0.1) is 6.04 Å². The molecule has 1 aromatic rings. The van der Waals surface area contributed by atoms with Gasteiger partial charge in [-0.2, -0.15) is 0 Å². The predicted octanol–water partition coefficient (Wildman–Crippen LogP) is 3.64. The second kappa shape index (κ2) is 5.22. The summed E-state index contributed by atoms with van der Waals surface area (Å²) in [5.74, 6) is -1.69. The average molecular weight is 274 g/mol. The normalized spacial score (nSPS) is 19.2. The van der Waals surface area contributed by atoms with Crippen LogP contribution in [-0.4, -0.2) is 17.0 Å². The van der Waals surface area contributed by atoms with Crippen LogP contribution in [0.25, 0.3) is 0 Å². The van der Waals surface area contributed by atoms with Crippen LogP contribution in [0.5, 0.6) is 0 Å². The summed E-state index contributed by atoms with van der Waals surface area (Å²) in [6.45, 7) is 4.08. The molecule has 1 aliphatic rings. The molecule has 0 saturated carbocycles. The van der Waals surface area contributed by atoms with Crippen LogP contribution in [0, 0.1) is 23.4 Å². The van der Waals surface area contributed by atoms with Crippen molar-refractivity contribution in [3.05, 3.63) is 29.6 Å². The number of hydrogen-bond donors (Lipinski definition) is 1. The summed E-state index contributed by atoms with van der Waals surface area (Å²) in [5.41, 5.74) is -0.355. The maximum Gasteiger partial charge on any atom is 0.161 e. The highest BCUT2D eigenvalue weighted by molar-refractivity contribution is 8.14. The summed E-state index contributed by atoms with van der Waals surface area (Å²) < 4.78 is 39.6. The first kappa shape index (κ1) is 13.3. The van der Waals surface area contributed by atoms with Crippen molar-refractivity contribution in [2.45, 2.75) is 19.9 Å². The summed E-state index contributed by atoms with van der Waals surface area (Å²) in [4.78, 5) is 4.33. The summed E-state index contributed by atoms with van der Waals surface area (Å²) in [6, 6.07) is 1.43. The zero-order valence-corrected chi connectivity index (χ0v) is 10.8. The molecule has 0 aromatic heterocycles. The van der Waals surface area contributed by atoms with E-state index in [1.54, 1.807) is 0 Å². The molecule has 0 amide bonds. The number of anilines is 1. The van der Waals surface area contributed by atoms with Crippen LogP contribution in [0.15, 0.2) is 17.1 Å². The van der Waals surface area contributed by atoms with Gasteiger partial charge in [0.1, 0.15) is 11.5 Å². The molecule has 1 aromatic carbocycles. The van der Waals surface area contributed by atoms with Gasteiger partial charge < -0.3 is 5.32 Å². The lowest BCUT2D eigenvalue weighted by Crippen LogP contribution is -2.12. The van der Waals surface area contributed by atoms with Gasteiger partial charge in [-0.15, -0.1) is 0 Å². The van der Waals surface area contributed by atoms with Gasteiger partial charge in [-0.05, 0) is 5.92 Å². The Kier molecular flexibility index (Phi) is 3.85. The van der Waals surface area contributed by atoms with Crippen molar-refractivity contribution in [2.24, 2.45) is 10.9 Å². The molecule has 6 heteroatoms. The Balaban J connectivity index is 2.18. The minimum atomic E-state index is -0.955. The fourth-order valence-electron chi connectivity index (χ4n) is 1.57. The number of halogens is 3. The van der Waals surface area contributed by atoms with E-state index in [0.717, 1.165) is 5.75 Å². The van der Waals surface area contributed by atoms with Crippen molar-refractivity contribution >= 4 is 22.6 Å². The van der Waals surface area contributed by atoms with E-state index in [-0.39, 0.29) is 11.7 Å². The summed E-state index contributed by atoms with van der Waals surface area (Å²) >= 11 is 1.41. The van der Waals surface area contributed by atoms with Crippen molar-refractivity contribution in [3.8, 4) is 0 Å². The van der Waals surface area contributed by atoms with E-state index in [0.29, 0.717) is 23.2 Å². The second-order valence-corrected chi connectivity index (χ2v) is 5.43. The molecule has 98 valence electrons. The topological polar surface area (TPSA) is 24.4 Å². The first-order valence-electron chi connectivity index (χ1n) is 5.59. The highest BCUT2D eigenvalue weighted by Gasteiger charge is 2.22. The molecule has 18 heavy (non-hydrogen) atoms. The number of thioether (sulfide) groups is 1. The van der Waals surface area contributed by atoms with Gasteiger partial charge in [-0.3, -0.25) is 4.99 Å². The quantitative estimate of drug-likeness (QED) is 0.890. The van der Waals surface area contributed by atoms with Crippen LogP contribution in [0.4, 0.5) is 18.9 Å².